The molecule has 0 atom stereocenters. The van der Waals surface area contributed by atoms with Gasteiger partial charge in [-0.05, 0) is 30.7 Å². The van der Waals surface area contributed by atoms with E-state index in [0.717, 1.165) is 17.8 Å². The lowest BCUT2D eigenvalue weighted by molar-refractivity contribution is 0.627. The first-order valence-electron chi connectivity index (χ1n) is 5.04. The fourth-order valence-corrected chi connectivity index (χ4v) is 1.39. The Bertz CT molecular complexity index is 336. The van der Waals surface area contributed by atoms with Crippen molar-refractivity contribution < 1.29 is 4.39 Å². The molecule has 1 aromatic rings. The number of halogens is 1. The summed E-state index contributed by atoms with van der Waals surface area (Å²) in [6, 6.07) is 6.55. The predicted molar refractivity (Wildman–Crippen MR) is 62.5 cm³/mol. The normalized spacial score (nSPS) is 10.1. The quantitative estimate of drug-likeness (QED) is 0.751. The van der Waals surface area contributed by atoms with E-state index in [9.17, 15) is 4.39 Å². The average molecular weight is 208 g/mol. The summed E-state index contributed by atoms with van der Waals surface area (Å²) in [6.07, 6.45) is 0. The first-order valence-corrected chi connectivity index (χ1v) is 5.04. The molecule has 1 rings (SSSR count). The van der Waals surface area contributed by atoms with Gasteiger partial charge < -0.3 is 10.6 Å². The molecule has 0 aliphatic carbocycles. The maximum atomic E-state index is 13.0. The summed E-state index contributed by atoms with van der Waals surface area (Å²) in [5.74, 6) is -0.218. The molecular weight excluding hydrogens is 191 g/mol. The molecule has 1 aromatic carbocycles. The SMILES string of the molecule is C=C(CN)CN(CC)c1cccc(F)c1. The third-order valence-electron chi connectivity index (χ3n) is 2.26. The van der Waals surface area contributed by atoms with Gasteiger partial charge in [0.1, 0.15) is 5.82 Å². The van der Waals surface area contributed by atoms with Gasteiger partial charge in [0.25, 0.3) is 0 Å². The molecule has 0 fully saturated rings. The summed E-state index contributed by atoms with van der Waals surface area (Å²) in [7, 11) is 0. The Labute approximate surface area is 90.2 Å². The molecule has 0 unspecified atom stereocenters. The number of rotatable bonds is 5. The van der Waals surface area contributed by atoms with Crippen LogP contribution in [0, 0.1) is 5.82 Å². The number of likely N-dealkylation sites (N-methyl/N-ethyl adjacent to an activating group) is 1. The third kappa shape index (κ3) is 3.36. The fourth-order valence-electron chi connectivity index (χ4n) is 1.39. The van der Waals surface area contributed by atoms with Crippen LogP contribution in [0.15, 0.2) is 36.4 Å². The lowest BCUT2D eigenvalue weighted by Gasteiger charge is -2.23. The van der Waals surface area contributed by atoms with Gasteiger partial charge in [0.05, 0.1) is 0 Å². The maximum absolute atomic E-state index is 13.0. The highest BCUT2D eigenvalue weighted by molar-refractivity contribution is 5.47. The number of hydrogen-bond donors (Lipinski definition) is 1. The fraction of sp³-hybridized carbons (Fsp3) is 0.333. The first-order chi connectivity index (χ1) is 7.17. The maximum Gasteiger partial charge on any atom is 0.125 e. The topological polar surface area (TPSA) is 29.3 Å². The smallest absolute Gasteiger partial charge is 0.125 e. The Morgan fingerprint density at radius 2 is 2.27 bits per heavy atom. The number of benzene rings is 1. The van der Waals surface area contributed by atoms with E-state index < -0.39 is 0 Å². The molecule has 2 nitrogen and oxygen atoms in total. The zero-order chi connectivity index (χ0) is 11.3. The molecule has 0 aliphatic heterocycles. The van der Waals surface area contributed by atoms with Crippen molar-refractivity contribution in [3.63, 3.8) is 0 Å². The van der Waals surface area contributed by atoms with Crippen molar-refractivity contribution in [1.82, 2.24) is 0 Å². The molecule has 82 valence electrons. The van der Waals surface area contributed by atoms with Crippen LogP contribution in [0.4, 0.5) is 10.1 Å². The summed E-state index contributed by atoms with van der Waals surface area (Å²) < 4.78 is 13.0. The molecule has 0 spiro atoms. The summed E-state index contributed by atoms with van der Waals surface area (Å²) in [5.41, 5.74) is 7.30. The molecule has 2 N–H and O–H groups in total. The Hall–Kier alpha value is -1.35. The Morgan fingerprint density at radius 3 is 2.80 bits per heavy atom. The standard InChI is InChI=1S/C12H17FN2/c1-3-15(9-10(2)8-14)12-6-4-5-11(13)7-12/h4-7H,2-3,8-9,14H2,1H3. The molecule has 0 aliphatic rings. The molecular formula is C12H17FN2. The summed E-state index contributed by atoms with van der Waals surface area (Å²) in [4.78, 5) is 2.04. The van der Waals surface area contributed by atoms with Crippen molar-refractivity contribution in [2.24, 2.45) is 5.73 Å². The molecule has 0 amide bonds. The number of anilines is 1. The molecule has 0 saturated carbocycles. The molecule has 0 aromatic heterocycles. The number of nitrogens with two attached hydrogens (primary N) is 1. The van der Waals surface area contributed by atoms with E-state index >= 15 is 0 Å². The van der Waals surface area contributed by atoms with Gasteiger partial charge in [-0.15, -0.1) is 0 Å². The van der Waals surface area contributed by atoms with Crippen LogP contribution in [0.25, 0.3) is 0 Å². The highest BCUT2D eigenvalue weighted by atomic mass is 19.1. The zero-order valence-electron chi connectivity index (χ0n) is 9.04. The van der Waals surface area contributed by atoms with Gasteiger partial charge in [-0.2, -0.15) is 0 Å². The van der Waals surface area contributed by atoms with Crippen LogP contribution < -0.4 is 10.6 Å². The van der Waals surface area contributed by atoms with Crippen molar-refractivity contribution in [2.45, 2.75) is 6.92 Å². The van der Waals surface area contributed by atoms with Gasteiger partial charge in [0, 0.05) is 25.3 Å². The van der Waals surface area contributed by atoms with Gasteiger partial charge in [-0.25, -0.2) is 4.39 Å². The molecule has 3 heteroatoms. The second-order valence-corrected chi connectivity index (χ2v) is 3.45. The minimum absolute atomic E-state index is 0.218. The zero-order valence-corrected chi connectivity index (χ0v) is 9.04. The van der Waals surface area contributed by atoms with Crippen LogP contribution in [-0.4, -0.2) is 19.6 Å². The van der Waals surface area contributed by atoms with Crippen molar-refractivity contribution in [1.29, 1.82) is 0 Å². The highest BCUT2D eigenvalue weighted by Gasteiger charge is 2.05. The molecule has 15 heavy (non-hydrogen) atoms. The van der Waals surface area contributed by atoms with E-state index in [4.69, 9.17) is 5.73 Å². The van der Waals surface area contributed by atoms with Crippen molar-refractivity contribution >= 4 is 5.69 Å². The minimum atomic E-state index is -0.218. The number of nitrogens with zero attached hydrogens (tertiary/aromatic N) is 1. The van der Waals surface area contributed by atoms with Crippen LogP contribution in [-0.2, 0) is 0 Å². The Balaban J connectivity index is 2.78. The van der Waals surface area contributed by atoms with Crippen molar-refractivity contribution in [2.75, 3.05) is 24.5 Å². The largest absolute Gasteiger partial charge is 0.368 e. The highest BCUT2D eigenvalue weighted by Crippen LogP contribution is 2.15. The third-order valence-corrected chi connectivity index (χ3v) is 2.26. The lowest BCUT2D eigenvalue weighted by atomic mass is 10.2. The second-order valence-electron chi connectivity index (χ2n) is 3.45. The lowest BCUT2D eigenvalue weighted by Crippen LogP contribution is -2.27. The van der Waals surface area contributed by atoms with Crippen LogP contribution in [0.3, 0.4) is 0 Å². The summed E-state index contributed by atoms with van der Waals surface area (Å²) in [6.45, 7) is 7.82. The van der Waals surface area contributed by atoms with E-state index in [1.54, 1.807) is 6.07 Å². The van der Waals surface area contributed by atoms with E-state index in [1.165, 1.54) is 12.1 Å². The van der Waals surface area contributed by atoms with E-state index in [0.29, 0.717) is 13.1 Å². The molecule has 0 radical (unpaired) electrons. The molecule has 0 heterocycles. The van der Waals surface area contributed by atoms with Crippen LogP contribution in [0.2, 0.25) is 0 Å². The van der Waals surface area contributed by atoms with Crippen LogP contribution >= 0.6 is 0 Å². The van der Waals surface area contributed by atoms with Crippen LogP contribution in [0.5, 0.6) is 0 Å². The Kier molecular flexibility index (Phi) is 4.31. The van der Waals surface area contributed by atoms with E-state index in [-0.39, 0.29) is 5.82 Å². The minimum Gasteiger partial charge on any atom is -0.368 e. The van der Waals surface area contributed by atoms with Gasteiger partial charge in [-0.3, -0.25) is 0 Å². The van der Waals surface area contributed by atoms with E-state index in [1.807, 2.05) is 17.9 Å². The van der Waals surface area contributed by atoms with Gasteiger partial charge in [0.15, 0.2) is 0 Å². The monoisotopic (exact) mass is 208 g/mol. The molecule has 0 saturated heterocycles. The van der Waals surface area contributed by atoms with Gasteiger partial charge >= 0.3 is 0 Å². The van der Waals surface area contributed by atoms with Crippen molar-refractivity contribution in [3.05, 3.63) is 42.2 Å². The van der Waals surface area contributed by atoms with Crippen LogP contribution in [0.1, 0.15) is 6.92 Å². The Morgan fingerprint density at radius 1 is 1.53 bits per heavy atom. The predicted octanol–water partition coefficient (Wildman–Crippen LogP) is 2.17. The number of hydrogen-bond acceptors (Lipinski definition) is 2. The van der Waals surface area contributed by atoms with E-state index in [2.05, 4.69) is 6.58 Å². The summed E-state index contributed by atoms with van der Waals surface area (Å²) >= 11 is 0. The average Bonchev–Trinajstić information content (AvgIpc) is 2.25. The van der Waals surface area contributed by atoms with Gasteiger partial charge in [0.2, 0.25) is 0 Å². The molecule has 0 bridgehead atoms. The van der Waals surface area contributed by atoms with Gasteiger partial charge in [-0.1, -0.05) is 12.6 Å². The van der Waals surface area contributed by atoms with Crippen molar-refractivity contribution in [3.8, 4) is 0 Å². The summed E-state index contributed by atoms with van der Waals surface area (Å²) in [5, 5.41) is 0. The first kappa shape index (κ1) is 11.7. The second kappa shape index (κ2) is 5.51.